The van der Waals surface area contributed by atoms with Crippen molar-refractivity contribution in [1.29, 1.82) is 0 Å². The highest BCUT2D eigenvalue weighted by Crippen LogP contribution is 2.23. The lowest BCUT2D eigenvalue weighted by molar-refractivity contribution is 0.305. The second-order valence-electron chi connectivity index (χ2n) is 5.18. The van der Waals surface area contributed by atoms with Crippen molar-refractivity contribution in [2.75, 3.05) is 12.3 Å². The number of hydrogen-bond acceptors (Lipinski definition) is 6. The van der Waals surface area contributed by atoms with Crippen molar-refractivity contribution in [3.05, 3.63) is 39.5 Å². The first-order valence-corrected chi connectivity index (χ1v) is 7.62. The SMILES string of the molecule is CCCCCCOc1cccc(-c2nc(N)c(N=O)c(=O)[nH]2)c1. The van der Waals surface area contributed by atoms with Gasteiger partial charge in [-0.05, 0) is 23.7 Å². The van der Waals surface area contributed by atoms with Crippen LogP contribution in [0, 0.1) is 4.91 Å². The summed E-state index contributed by atoms with van der Waals surface area (Å²) in [4.78, 5) is 28.8. The first-order chi connectivity index (χ1) is 11.2. The van der Waals surface area contributed by atoms with E-state index >= 15 is 0 Å². The molecule has 1 aromatic carbocycles. The summed E-state index contributed by atoms with van der Waals surface area (Å²) in [6.45, 7) is 2.80. The Bertz CT molecular complexity index is 728. The molecule has 0 atom stereocenters. The number of rotatable bonds is 8. The molecule has 0 unspecified atom stereocenters. The van der Waals surface area contributed by atoms with Crippen molar-refractivity contribution < 1.29 is 4.74 Å². The van der Waals surface area contributed by atoms with Crippen molar-refractivity contribution in [2.24, 2.45) is 5.18 Å². The molecule has 0 spiro atoms. The zero-order valence-corrected chi connectivity index (χ0v) is 13.0. The molecule has 2 rings (SSSR count). The lowest BCUT2D eigenvalue weighted by Gasteiger charge is -2.08. The third-order valence-corrected chi connectivity index (χ3v) is 3.39. The Balaban J connectivity index is 2.13. The van der Waals surface area contributed by atoms with E-state index in [1.54, 1.807) is 18.2 Å². The molecule has 0 amide bonds. The molecule has 7 heteroatoms. The first kappa shape index (κ1) is 16.7. The van der Waals surface area contributed by atoms with Crippen LogP contribution in [0.5, 0.6) is 5.75 Å². The van der Waals surface area contributed by atoms with Gasteiger partial charge in [-0.2, -0.15) is 0 Å². The van der Waals surface area contributed by atoms with E-state index in [0.717, 1.165) is 12.8 Å². The molecular formula is C16H20N4O3. The van der Waals surface area contributed by atoms with Crippen LogP contribution >= 0.6 is 0 Å². The number of aromatic nitrogens is 2. The highest BCUT2D eigenvalue weighted by Gasteiger charge is 2.11. The van der Waals surface area contributed by atoms with Gasteiger partial charge in [-0.1, -0.05) is 38.3 Å². The van der Waals surface area contributed by atoms with Crippen LogP contribution in [-0.4, -0.2) is 16.6 Å². The molecule has 1 aromatic heterocycles. The molecule has 0 aliphatic rings. The molecule has 0 fully saturated rings. The topological polar surface area (TPSA) is 110 Å². The van der Waals surface area contributed by atoms with Gasteiger partial charge in [0.2, 0.25) is 5.69 Å². The fourth-order valence-electron chi connectivity index (χ4n) is 2.16. The van der Waals surface area contributed by atoms with Crippen molar-refractivity contribution in [3.63, 3.8) is 0 Å². The summed E-state index contributed by atoms with van der Waals surface area (Å²) >= 11 is 0. The monoisotopic (exact) mass is 316 g/mol. The number of hydrogen-bond donors (Lipinski definition) is 2. The summed E-state index contributed by atoms with van der Waals surface area (Å²) in [6.07, 6.45) is 4.52. The van der Waals surface area contributed by atoms with Crippen molar-refractivity contribution in [2.45, 2.75) is 32.6 Å². The molecule has 7 nitrogen and oxygen atoms in total. The van der Waals surface area contributed by atoms with Crippen LogP contribution in [0.25, 0.3) is 11.4 Å². The van der Waals surface area contributed by atoms with E-state index in [1.165, 1.54) is 12.8 Å². The van der Waals surface area contributed by atoms with E-state index in [9.17, 15) is 9.70 Å². The number of nitrogens with one attached hydrogen (secondary N) is 1. The highest BCUT2D eigenvalue weighted by molar-refractivity contribution is 5.63. The quantitative estimate of drug-likeness (QED) is 0.573. The van der Waals surface area contributed by atoms with Gasteiger partial charge in [0.15, 0.2) is 5.82 Å². The summed E-state index contributed by atoms with van der Waals surface area (Å²) in [5, 5.41) is 2.58. The predicted molar refractivity (Wildman–Crippen MR) is 89.8 cm³/mol. The number of aromatic amines is 1. The second-order valence-corrected chi connectivity index (χ2v) is 5.18. The minimum Gasteiger partial charge on any atom is -0.494 e. The first-order valence-electron chi connectivity index (χ1n) is 7.62. The number of anilines is 1. The molecule has 23 heavy (non-hydrogen) atoms. The van der Waals surface area contributed by atoms with Crippen LogP contribution in [0.15, 0.2) is 34.2 Å². The molecule has 0 radical (unpaired) electrons. The van der Waals surface area contributed by atoms with Gasteiger partial charge in [-0.25, -0.2) is 4.98 Å². The summed E-state index contributed by atoms with van der Waals surface area (Å²) in [5.41, 5.74) is 5.16. The van der Waals surface area contributed by atoms with E-state index in [-0.39, 0.29) is 11.6 Å². The maximum Gasteiger partial charge on any atom is 0.282 e. The zero-order valence-electron chi connectivity index (χ0n) is 13.0. The predicted octanol–water partition coefficient (Wildman–Crippen LogP) is 3.38. The van der Waals surface area contributed by atoms with Crippen LogP contribution in [0.4, 0.5) is 11.5 Å². The van der Waals surface area contributed by atoms with Crippen molar-refractivity contribution in [3.8, 4) is 17.1 Å². The van der Waals surface area contributed by atoms with Gasteiger partial charge < -0.3 is 15.5 Å². The van der Waals surface area contributed by atoms with Crippen LogP contribution in [0.1, 0.15) is 32.6 Å². The molecule has 2 aromatic rings. The summed E-state index contributed by atoms with van der Waals surface area (Å²) in [5.74, 6) is 0.777. The van der Waals surface area contributed by atoms with Crippen LogP contribution in [0.2, 0.25) is 0 Å². The third kappa shape index (κ3) is 4.38. The molecule has 0 aliphatic heterocycles. The highest BCUT2D eigenvalue weighted by atomic mass is 16.5. The molecule has 0 saturated heterocycles. The van der Waals surface area contributed by atoms with Gasteiger partial charge in [0.1, 0.15) is 11.6 Å². The van der Waals surface area contributed by atoms with E-state index in [1.807, 2.05) is 6.07 Å². The average Bonchev–Trinajstić information content (AvgIpc) is 2.54. The van der Waals surface area contributed by atoms with Gasteiger partial charge >= 0.3 is 0 Å². The number of benzene rings is 1. The molecule has 0 saturated carbocycles. The van der Waals surface area contributed by atoms with Gasteiger partial charge in [-0.3, -0.25) is 4.79 Å². The molecule has 122 valence electrons. The van der Waals surface area contributed by atoms with Gasteiger partial charge in [0.05, 0.1) is 6.61 Å². The number of ether oxygens (including phenoxy) is 1. The zero-order chi connectivity index (χ0) is 16.7. The Labute approximate surface area is 133 Å². The molecule has 0 aliphatic carbocycles. The summed E-state index contributed by atoms with van der Waals surface area (Å²) in [6, 6.07) is 7.19. The second kappa shape index (κ2) is 8.07. The maximum absolute atomic E-state index is 11.7. The number of unbranched alkanes of at least 4 members (excludes halogenated alkanes) is 3. The summed E-state index contributed by atoms with van der Waals surface area (Å²) < 4.78 is 5.70. The summed E-state index contributed by atoms with van der Waals surface area (Å²) in [7, 11) is 0. The normalized spacial score (nSPS) is 10.5. The Morgan fingerprint density at radius 2 is 2.13 bits per heavy atom. The minimum absolute atomic E-state index is 0.190. The van der Waals surface area contributed by atoms with Crippen molar-refractivity contribution >= 4 is 11.5 Å². The molecule has 3 N–H and O–H groups in total. The molecular weight excluding hydrogens is 296 g/mol. The molecule has 1 heterocycles. The number of nitrogens with zero attached hydrogens (tertiary/aromatic N) is 2. The van der Waals surface area contributed by atoms with E-state index < -0.39 is 11.2 Å². The Morgan fingerprint density at radius 3 is 2.83 bits per heavy atom. The fourth-order valence-corrected chi connectivity index (χ4v) is 2.16. The Morgan fingerprint density at radius 1 is 1.30 bits per heavy atom. The Hall–Kier alpha value is -2.70. The van der Waals surface area contributed by atoms with E-state index in [2.05, 4.69) is 22.1 Å². The molecule has 0 bridgehead atoms. The van der Waals surface area contributed by atoms with E-state index in [4.69, 9.17) is 10.5 Å². The van der Waals surface area contributed by atoms with E-state index in [0.29, 0.717) is 17.9 Å². The largest absolute Gasteiger partial charge is 0.494 e. The Kier molecular flexibility index (Phi) is 5.85. The van der Waals surface area contributed by atoms with Gasteiger partial charge in [0, 0.05) is 5.56 Å². The van der Waals surface area contributed by atoms with Crippen molar-refractivity contribution in [1.82, 2.24) is 9.97 Å². The maximum atomic E-state index is 11.7. The van der Waals surface area contributed by atoms with Crippen LogP contribution in [0.3, 0.4) is 0 Å². The standard InChI is InChI=1S/C16H20N4O3/c1-2-3-4-5-9-23-12-8-6-7-11(10-12)15-18-14(17)13(20-22)16(21)19-15/h6-8,10H,2-5,9H2,1H3,(H3,17,18,19,21). The smallest absolute Gasteiger partial charge is 0.282 e. The fraction of sp³-hybridized carbons (Fsp3) is 0.375. The minimum atomic E-state index is -0.659. The number of nitrogen functional groups attached to an aromatic ring is 1. The van der Waals surface area contributed by atoms with Crippen LogP contribution in [-0.2, 0) is 0 Å². The lowest BCUT2D eigenvalue weighted by atomic mass is 10.2. The third-order valence-electron chi connectivity index (χ3n) is 3.39. The van der Waals surface area contributed by atoms with Crippen LogP contribution < -0.4 is 16.0 Å². The number of H-pyrrole nitrogens is 1. The van der Waals surface area contributed by atoms with Gasteiger partial charge in [0.25, 0.3) is 5.56 Å². The van der Waals surface area contributed by atoms with Gasteiger partial charge in [-0.15, -0.1) is 4.91 Å². The lowest BCUT2D eigenvalue weighted by Crippen LogP contribution is -2.11. The average molecular weight is 316 g/mol. The number of nitroso groups, excluding NO2 is 1. The number of nitrogens with two attached hydrogens (primary N) is 1.